The number of hydrogen-bond donors (Lipinski definition) is 1. The Morgan fingerprint density at radius 3 is 2.56 bits per heavy atom. The molecule has 0 saturated carbocycles. The van der Waals surface area contributed by atoms with Crippen LogP contribution < -0.4 is 5.43 Å². The molecular weight excluding hydrogens is 310 g/mol. The molecule has 0 radical (unpaired) electrons. The summed E-state index contributed by atoms with van der Waals surface area (Å²) in [7, 11) is 0. The molecule has 0 atom stereocenters. The average Bonchev–Trinajstić information content (AvgIpc) is 2.88. The number of hydrazone groups is 1. The highest BCUT2D eigenvalue weighted by atomic mass is 16.2. The van der Waals surface area contributed by atoms with Gasteiger partial charge >= 0.3 is 0 Å². The topological polar surface area (TPSA) is 46.4 Å². The van der Waals surface area contributed by atoms with Gasteiger partial charge in [0.2, 0.25) is 5.91 Å². The number of benzene rings is 2. The Hall–Kier alpha value is -2.88. The van der Waals surface area contributed by atoms with Gasteiger partial charge in [-0.3, -0.25) is 4.79 Å². The van der Waals surface area contributed by atoms with Gasteiger partial charge in [0.05, 0.1) is 12.6 Å². The Kier molecular flexibility index (Phi) is 4.98. The Bertz CT molecular complexity index is 920. The van der Waals surface area contributed by atoms with Gasteiger partial charge in [-0.15, -0.1) is 0 Å². The molecule has 0 aliphatic rings. The van der Waals surface area contributed by atoms with Crippen molar-refractivity contribution in [2.75, 3.05) is 0 Å². The van der Waals surface area contributed by atoms with Crippen LogP contribution in [0.5, 0.6) is 0 Å². The number of nitrogens with one attached hydrogen (secondary N) is 1. The van der Waals surface area contributed by atoms with E-state index in [-0.39, 0.29) is 5.91 Å². The summed E-state index contributed by atoms with van der Waals surface area (Å²) in [4.78, 5) is 12.1. The normalized spacial score (nSPS) is 11.3. The minimum absolute atomic E-state index is 0.114. The molecule has 0 spiro atoms. The summed E-state index contributed by atoms with van der Waals surface area (Å²) < 4.78 is 2.25. The molecule has 0 aliphatic carbocycles. The van der Waals surface area contributed by atoms with E-state index in [1.165, 1.54) is 11.1 Å². The molecule has 0 bridgehead atoms. The van der Waals surface area contributed by atoms with Gasteiger partial charge in [-0.1, -0.05) is 48.0 Å². The zero-order valence-corrected chi connectivity index (χ0v) is 14.9. The van der Waals surface area contributed by atoms with E-state index < -0.39 is 0 Å². The van der Waals surface area contributed by atoms with Gasteiger partial charge in [0.15, 0.2) is 0 Å². The van der Waals surface area contributed by atoms with Crippen LogP contribution in [0.3, 0.4) is 0 Å². The third-order valence-corrected chi connectivity index (χ3v) is 4.46. The monoisotopic (exact) mass is 333 g/mol. The SMILES string of the molecule is CCn1c(C)c(/C=N\NC(=O)Cc2ccc(C)cc2)c2ccccc21. The quantitative estimate of drug-likeness (QED) is 0.557. The number of rotatable bonds is 5. The van der Waals surface area contributed by atoms with Crippen molar-refractivity contribution >= 4 is 23.0 Å². The first-order valence-electron chi connectivity index (χ1n) is 8.55. The molecule has 4 nitrogen and oxygen atoms in total. The fraction of sp³-hybridized carbons (Fsp3) is 0.238. The number of hydrogen-bond acceptors (Lipinski definition) is 2. The predicted molar refractivity (Wildman–Crippen MR) is 103 cm³/mol. The van der Waals surface area contributed by atoms with Gasteiger partial charge in [-0.05, 0) is 32.4 Å². The van der Waals surface area contributed by atoms with Crippen molar-refractivity contribution in [1.29, 1.82) is 0 Å². The molecule has 1 aromatic heterocycles. The Morgan fingerprint density at radius 1 is 1.12 bits per heavy atom. The van der Waals surface area contributed by atoms with Crippen molar-refractivity contribution in [3.8, 4) is 0 Å². The predicted octanol–water partition coefficient (Wildman–Crippen LogP) is 3.97. The number of amides is 1. The molecule has 1 amide bonds. The number of fused-ring (bicyclic) bond motifs is 1. The summed E-state index contributed by atoms with van der Waals surface area (Å²) in [5.74, 6) is -0.114. The third kappa shape index (κ3) is 3.63. The second-order valence-electron chi connectivity index (χ2n) is 6.22. The molecule has 4 heteroatoms. The molecule has 128 valence electrons. The summed E-state index contributed by atoms with van der Waals surface area (Å²) in [5.41, 5.74) is 8.20. The van der Waals surface area contributed by atoms with Crippen molar-refractivity contribution in [2.45, 2.75) is 33.7 Å². The highest BCUT2D eigenvalue weighted by molar-refractivity contribution is 6.01. The van der Waals surface area contributed by atoms with Crippen LogP contribution in [0, 0.1) is 13.8 Å². The molecule has 25 heavy (non-hydrogen) atoms. The van der Waals surface area contributed by atoms with Gasteiger partial charge in [0, 0.05) is 28.7 Å². The van der Waals surface area contributed by atoms with E-state index in [1.54, 1.807) is 6.21 Å². The van der Waals surface area contributed by atoms with Gasteiger partial charge in [-0.25, -0.2) is 5.43 Å². The van der Waals surface area contributed by atoms with Crippen LogP contribution >= 0.6 is 0 Å². The van der Waals surface area contributed by atoms with E-state index in [2.05, 4.69) is 41.1 Å². The average molecular weight is 333 g/mol. The minimum atomic E-state index is -0.114. The largest absolute Gasteiger partial charge is 0.344 e. The fourth-order valence-electron chi connectivity index (χ4n) is 3.13. The van der Waals surface area contributed by atoms with Crippen molar-refractivity contribution in [1.82, 2.24) is 9.99 Å². The fourth-order valence-corrected chi connectivity index (χ4v) is 3.13. The third-order valence-electron chi connectivity index (χ3n) is 4.46. The summed E-state index contributed by atoms with van der Waals surface area (Å²) >= 11 is 0. The lowest BCUT2D eigenvalue weighted by Gasteiger charge is -2.03. The molecule has 3 aromatic rings. The van der Waals surface area contributed by atoms with Crippen LogP contribution in [0.2, 0.25) is 0 Å². The van der Waals surface area contributed by atoms with Crippen molar-refractivity contribution in [2.24, 2.45) is 5.10 Å². The zero-order valence-electron chi connectivity index (χ0n) is 14.9. The highest BCUT2D eigenvalue weighted by Gasteiger charge is 2.11. The molecule has 0 aliphatic heterocycles. The molecule has 0 saturated heterocycles. The maximum Gasteiger partial charge on any atom is 0.244 e. The first-order chi connectivity index (χ1) is 12.1. The smallest absolute Gasteiger partial charge is 0.244 e. The number of nitrogens with zero attached hydrogens (tertiary/aromatic N) is 2. The van der Waals surface area contributed by atoms with Crippen LogP contribution in [0.1, 0.15) is 29.3 Å². The van der Waals surface area contributed by atoms with Crippen LogP contribution in [0.15, 0.2) is 53.6 Å². The second kappa shape index (κ2) is 7.34. The zero-order chi connectivity index (χ0) is 17.8. The second-order valence-corrected chi connectivity index (χ2v) is 6.22. The van der Waals surface area contributed by atoms with Crippen LogP contribution in [0.4, 0.5) is 0 Å². The summed E-state index contributed by atoms with van der Waals surface area (Å²) in [6.07, 6.45) is 2.07. The molecule has 2 aromatic carbocycles. The van der Waals surface area contributed by atoms with E-state index in [9.17, 15) is 4.79 Å². The summed E-state index contributed by atoms with van der Waals surface area (Å²) in [6.45, 7) is 7.14. The number of carbonyl (C=O) groups is 1. The van der Waals surface area contributed by atoms with Crippen LogP contribution in [-0.2, 0) is 17.8 Å². The Labute approximate surface area is 148 Å². The summed E-state index contributed by atoms with van der Waals surface area (Å²) in [6, 6.07) is 16.2. The maximum absolute atomic E-state index is 12.1. The number of aryl methyl sites for hydroxylation is 2. The lowest BCUT2D eigenvalue weighted by molar-refractivity contribution is -0.120. The highest BCUT2D eigenvalue weighted by Crippen LogP contribution is 2.24. The van der Waals surface area contributed by atoms with Crippen molar-refractivity contribution in [3.05, 3.63) is 70.9 Å². The number of para-hydroxylation sites is 1. The Balaban J connectivity index is 1.74. The van der Waals surface area contributed by atoms with Gasteiger partial charge in [0.25, 0.3) is 0 Å². The van der Waals surface area contributed by atoms with Gasteiger partial charge in [0.1, 0.15) is 0 Å². The first kappa shape index (κ1) is 17.0. The maximum atomic E-state index is 12.1. The molecule has 1 N–H and O–H groups in total. The number of carbonyl (C=O) groups excluding carboxylic acids is 1. The molecule has 3 rings (SSSR count). The minimum Gasteiger partial charge on any atom is -0.344 e. The first-order valence-corrected chi connectivity index (χ1v) is 8.55. The molecule has 1 heterocycles. The van der Waals surface area contributed by atoms with E-state index in [1.807, 2.05) is 43.3 Å². The summed E-state index contributed by atoms with van der Waals surface area (Å²) in [5, 5.41) is 5.33. The molecule has 0 unspecified atom stereocenters. The van der Waals surface area contributed by atoms with Gasteiger partial charge in [-0.2, -0.15) is 5.10 Å². The van der Waals surface area contributed by atoms with Crippen LogP contribution in [-0.4, -0.2) is 16.7 Å². The van der Waals surface area contributed by atoms with Crippen molar-refractivity contribution in [3.63, 3.8) is 0 Å². The van der Waals surface area contributed by atoms with E-state index in [0.29, 0.717) is 6.42 Å². The van der Waals surface area contributed by atoms with E-state index in [0.717, 1.165) is 28.8 Å². The Morgan fingerprint density at radius 2 is 1.84 bits per heavy atom. The lowest BCUT2D eigenvalue weighted by Crippen LogP contribution is -2.19. The standard InChI is InChI=1S/C21H23N3O/c1-4-24-16(3)19(18-7-5-6-8-20(18)24)14-22-23-21(25)13-17-11-9-15(2)10-12-17/h5-12,14H,4,13H2,1-3H3,(H,23,25)/b22-14-. The molecular formula is C21H23N3O. The van der Waals surface area contributed by atoms with E-state index in [4.69, 9.17) is 0 Å². The molecule has 0 fully saturated rings. The van der Waals surface area contributed by atoms with Crippen LogP contribution in [0.25, 0.3) is 10.9 Å². The number of aromatic nitrogens is 1. The van der Waals surface area contributed by atoms with Gasteiger partial charge < -0.3 is 4.57 Å². The lowest BCUT2D eigenvalue weighted by atomic mass is 10.1. The van der Waals surface area contributed by atoms with Crippen molar-refractivity contribution < 1.29 is 4.79 Å². The van der Waals surface area contributed by atoms with E-state index >= 15 is 0 Å².